The van der Waals surface area contributed by atoms with Crippen LogP contribution in [0.5, 0.6) is 0 Å². The Morgan fingerprint density at radius 2 is 1.56 bits per heavy atom. The molecule has 0 N–H and O–H groups in total. The molecule has 4 heteroatoms. The molecule has 1 heterocycles. The van der Waals surface area contributed by atoms with Gasteiger partial charge in [-0.3, -0.25) is 0 Å². The van der Waals surface area contributed by atoms with Crippen LogP contribution in [0.15, 0.2) is 72.9 Å². The number of hydrogen-bond donors (Lipinski definition) is 0. The van der Waals surface area contributed by atoms with Crippen molar-refractivity contribution < 1.29 is 24.3 Å². The molecule has 0 spiro atoms. The molecule has 3 aromatic carbocycles. The molecular formula is C23H21N3Rh. The molecule has 0 saturated carbocycles. The summed E-state index contributed by atoms with van der Waals surface area (Å²) in [6.45, 7) is 4.33. The average Bonchev–Trinajstić information content (AvgIpc) is 3.04. The zero-order valence-corrected chi connectivity index (χ0v) is 17.2. The molecule has 0 atom stereocenters. The van der Waals surface area contributed by atoms with Crippen LogP contribution in [0.2, 0.25) is 0 Å². The van der Waals surface area contributed by atoms with E-state index in [9.17, 15) is 0 Å². The average molecular weight is 442 g/mol. The second kappa shape index (κ2) is 7.98. The fraction of sp³-hybridized carbons (Fsp3) is 0.130. The summed E-state index contributed by atoms with van der Waals surface area (Å²) in [7, 11) is 2.03. The molecule has 0 fully saturated rings. The Balaban J connectivity index is 0.00000210. The summed E-state index contributed by atoms with van der Waals surface area (Å²) in [4.78, 5) is 1.87. The maximum absolute atomic E-state index is 4.57. The molecule has 0 amide bonds. The molecular weight excluding hydrogens is 421 g/mol. The van der Waals surface area contributed by atoms with Gasteiger partial charge in [0.1, 0.15) is 11.9 Å². The van der Waals surface area contributed by atoms with Crippen molar-refractivity contribution in [3.63, 3.8) is 0 Å². The Hall–Kier alpha value is -2.58. The van der Waals surface area contributed by atoms with Crippen molar-refractivity contribution in [2.24, 2.45) is 7.05 Å². The monoisotopic (exact) mass is 442 g/mol. The number of nitrogens with zero attached hydrogens (tertiary/aromatic N) is 3. The number of para-hydroxylation sites is 1. The number of rotatable bonds is 3. The largest absolute Gasteiger partial charge is 0.170 e. The van der Waals surface area contributed by atoms with Gasteiger partial charge in [-0.15, -0.1) is 10.7 Å². The minimum Gasteiger partial charge on any atom is -0.170 e. The predicted octanol–water partition coefficient (Wildman–Crippen LogP) is 4.45. The van der Waals surface area contributed by atoms with Crippen LogP contribution in [0, 0.1) is 19.9 Å². The van der Waals surface area contributed by atoms with Crippen LogP contribution in [-0.4, -0.2) is 9.78 Å². The SMILES string of the molecule is Cc1cc(-c2ccccc2)cc(C)c1-c1cn[n+](-c2[c-]cccc2)n1C.[Rh]. The van der Waals surface area contributed by atoms with Crippen LogP contribution < -0.4 is 4.80 Å². The summed E-state index contributed by atoms with van der Waals surface area (Å²) in [5.41, 5.74) is 8.23. The van der Waals surface area contributed by atoms with E-state index >= 15 is 0 Å². The first kappa shape index (κ1) is 19.2. The van der Waals surface area contributed by atoms with Gasteiger partial charge in [0, 0.05) is 34.9 Å². The standard InChI is InChI=1S/C23H21N3.Rh/c1-17-14-20(19-10-6-4-7-11-19)15-18(2)23(17)22-16-24-26(25(22)3)21-12-8-5-9-13-21;/h4-12,14-16H,1-3H3;. The topological polar surface area (TPSA) is 21.7 Å². The summed E-state index contributed by atoms with van der Waals surface area (Å²) in [6.07, 6.45) is 1.93. The number of aromatic nitrogens is 3. The summed E-state index contributed by atoms with van der Waals surface area (Å²) < 4.78 is 2.07. The van der Waals surface area contributed by atoms with E-state index in [1.807, 2.05) is 48.4 Å². The quantitative estimate of drug-likeness (QED) is 0.261. The van der Waals surface area contributed by atoms with Crippen molar-refractivity contribution in [1.82, 2.24) is 9.78 Å². The third-order valence-electron chi connectivity index (χ3n) is 4.73. The van der Waals surface area contributed by atoms with Crippen LogP contribution in [0.3, 0.4) is 0 Å². The van der Waals surface area contributed by atoms with Crippen molar-refractivity contribution in [3.05, 3.63) is 90.1 Å². The first-order valence-electron chi connectivity index (χ1n) is 8.73. The Bertz CT molecular complexity index is 1030. The number of aryl methyl sites for hydroxylation is 2. The van der Waals surface area contributed by atoms with Crippen LogP contribution in [0.25, 0.3) is 28.1 Å². The summed E-state index contributed by atoms with van der Waals surface area (Å²) in [5, 5.41) is 4.57. The van der Waals surface area contributed by atoms with Crippen molar-refractivity contribution in [1.29, 1.82) is 0 Å². The molecule has 1 aromatic heterocycles. The van der Waals surface area contributed by atoms with Crippen molar-refractivity contribution >= 4 is 0 Å². The Morgan fingerprint density at radius 1 is 0.889 bits per heavy atom. The Labute approximate surface area is 173 Å². The van der Waals surface area contributed by atoms with Gasteiger partial charge >= 0.3 is 0 Å². The normalized spacial score (nSPS) is 10.5. The summed E-state index contributed by atoms with van der Waals surface area (Å²) in [6, 6.07) is 26.1. The molecule has 0 unspecified atom stereocenters. The van der Waals surface area contributed by atoms with Gasteiger partial charge in [-0.25, -0.2) is 0 Å². The fourth-order valence-corrected chi connectivity index (χ4v) is 3.50. The van der Waals surface area contributed by atoms with E-state index in [1.54, 1.807) is 0 Å². The first-order chi connectivity index (χ1) is 12.6. The second-order valence-corrected chi connectivity index (χ2v) is 6.54. The molecule has 3 nitrogen and oxygen atoms in total. The minimum absolute atomic E-state index is 0. The molecule has 0 aliphatic heterocycles. The van der Waals surface area contributed by atoms with E-state index in [0.29, 0.717) is 0 Å². The maximum atomic E-state index is 4.57. The minimum atomic E-state index is 0. The van der Waals surface area contributed by atoms with E-state index in [0.717, 1.165) is 11.4 Å². The number of hydrogen-bond acceptors (Lipinski definition) is 1. The van der Waals surface area contributed by atoms with E-state index in [-0.39, 0.29) is 19.5 Å². The van der Waals surface area contributed by atoms with Gasteiger partial charge in [0.05, 0.1) is 7.05 Å². The molecule has 0 bridgehead atoms. The maximum Gasteiger partial charge on any atom is 0.159 e. The zero-order valence-electron chi connectivity index (χ0n) is 15.6. The van der Waals surface area contributed by atoms with Gasteiger partial charge in [-0.1, -0.05) is 48.5 Å². The van der Waals surface area contributed by atoms with Gasteiger partial charge < -0.3 is 0 Å². The number of benzene rings is 3. The van der Waals surface area contributed by atoms with E-state index in [1.165, 1.54) is 27.8 Å². The van der Waals surface area contributed by atoms with Gasteiger partial charge in [0.25, 0.3) is 0 Å². The summed E-state index contributed by atoms with van der Waals surface area (Å²) in [5.74, 6) is 0. The molecule has 4 rings (SSSR count). The summed E-state index contributed by atoms with van der Waals surface area (Å²) >= 11 is 0. The third-order valence-corrected chi connectivity index (χ3v) is 4.73. The molecule has 0 aliphatic carbocycles. The Morgan fingerprint density at radius 3 is 2.19 bits per heavy atom. The van der Waals surface area contributed by atoms with Crippen molar-refractivity contribution in [2.45, 2.75) is 13.8 Å². The first-order valence-corrected chi connectivity index (χ1v) is 8.73. The van der Waals surface area contributed by atoms with Crippen LogP contribution in [-0.2, 0) is 26.5 Å². The fourth-order valence-electron chi connectivity index (χ4n) is 3.50. The molecule has 0 aliphatic rings. The van der Waals surface area contributed by atoms with Crippen LogP contribution >= 0.6 is 0 Å². The van der Waals surface area contributed by atoms with Gasteiger partial charge in [0.2, 0.25) is 0 Å². The van der Waals surface area contributed by atoms with Crippen molar-refractivity contribution in [3.8, 4) is 28.1 Å². The third kappa shape index (κ3) is 3.63. The van der Waals surface area contributed by atoms with Crippen molar-refractivity contribution in [2.75, 3.05) is 0 Å². The van der Waals surface area contributed by atoms with Crippen LogP contribution in [0.1, 0.15) is 11.1 Å². The van der Waals surface area contributed by atoms with Gasteiger partial charge in [-0.2, -0.15) is 18.2 Å². The Kier molecular flexibility index (Phi) is 5.67. The molecule has 137 valence electrons. The molecule has 1 radical (unpaired) electrons. The van der Waals surface area contributed by atoms with E-state index in [2.05, 4.69) is 66.1 Å². The van der Waals surface area contributed by atoms with E-state index in [4.69, 9.17) is 0 Å². The van der Waals surface area contributed by atoms with E-state index < -0.39 is 0 Å². The zero-order chi connectivity index (χ0) is 18.1. The smallest absolute Gasteiger partial charge is 0.159 e. The molecule has 27 heavy (non-hydrogen) atoms. The predicted molar refractivity (Wildman–Crippen MR) is 104 cm³/mol. The molecule has 4 aromatic rings. The van der Waals surface area contributed by atoms with Gasteiger partial charge in [0.15, 0.2) is 5.69 Å². The van der Waals surface area contributed by atoms with Crippen LogP contribution in [0.4, 0.5) is 0 Å². The molecule has 0 saturated heterocycles. The van der Waals surface area contributed by atoms with Gasteiger partial charge in [-0.05, 0) is 36.1 Å². The second-order valence-electron chi connectivity index (χ2n) is 6.54.